The van der Waals surface area contributed by atoms with Crippen molar-refractivity contribution in [1.29, 1.82) is 0 Å². The maximum atomic E-state index is 12.2. The molecule has 0 bridgehead atoms. The van der Waals surface area contributed by atoms with Gasteiger partial charge in [0.25, 0.3) is 11.8 Å². The number of carbonyl (C=O) groups is 2. The van der Waals surface area contributed by atoms with Crippen LogP contribution in [0.2, 0.25) is 5.02 Å². The molecule has 0 aliphatic rings. The van der Waals surface area contributed by atoms with Crippen molar-refractivity contribution < 1.29 is 9.59 Å². The van der Waals surface area contributed by atoms with E-state index < -0.39 is 11.8 Å². The Morgan fingerprint density at radius 1 is 1.12 bits per heavy atom. The fourth-order valence-electron chi connectivity index (χ4n) is 2.56. The molecule has 3 N–H and O–H groups in total. The van der Waals surface area contributed by atoms with Crippen molar-refractivity contribution in [2.45, 2.75) is 13.8 Å². The van der Waals surface area contributed by atoms with Gasteiger partial charge >= 0.3 is 0 Å². The maximum Gasteiger partial charge on any atom is 0.287 e. The fraction of sp³-hybridized carbons (Fsp3) is 0.176. The predicted molar refractivity (Wildman–Crippen MR) is 96.6 cm³/mol. The van der Waals surface area contributed by atoms with E-state index in [-0.39, 0.29) is 5.69 Å². The number of H-pyrrole nitrogens is 1. The molecule has 0 unspecified atom stereocenters. The van der Waals surface area contributed by atoms with Crippen molar-refractivity contribution >= 4 is 23.4 Å². The first-order chi connectivity index (χ1) is 12.4. The first kappa shape index (κ1) is 17.7. The van der Waals surface area contributed by atoms with E-state index in [1.807, 2.05) is 20.9 Å². The van der Waals surface area contributed by atoms with Gasteiger partial charge < -0.3 is 0 Å². The molecule has 0 atom stereocenters. The van der Waals surface area contributed by atoms with Crippen molar-refractivity contribution in [1.82, 2.24) is 30.8 Å². The van der Waals surface area contributed by atoms with Crippen LogP contribution < -0.4 is 10.9 Å². The molecular formula is C17H17ClN6O2. The number of hydrazine groups is 1. The minimum atomic E-state index is -0.509. The largest absolute Gasteiger partial charge is 0.287 e. The van der Waals surface area contributed by atoms with Crippen molar-refractivity contribution in [3.8, 4) is 11.3 Å². The Bertz CT molecular complexity index is 974. The van der Waals surface area contributed by atoms with Gasteiger partial charge in [0.15, 0.2) is 0 Å². The van der Waals surface area contributed by atoms with Crippen molar-refractivity contribution in [2.75, 3.05) is 0 Å². The highest BCUT2D eigenvalue weighted by atomic mass is 35.5. The molecule has 0 aliphatic carbocycles. The van der Waals surface area contributed by atoms with Crippen LogP contribution in [0.5, 0.6) is 0 Å². The molecule has 2 aromatic heterocycles. The van der Waals surface area contributed by atoms with E-state index in [1.165, 1.54) is 0 Å². The molecule has 26 heavy (non-hydrogen) atoms. The number of amides is 2. The van der Waals surface area contributed by atoms with Crippen LogP contribution in [0, 0.1) is 13.8 Å². The molecule has 0 aliphatic heterocycles. The number of nitrogens with zero attached hydrogens (tertiary/aromatic N) is 3. The Morgan fingerprint density at radius 2 is 1.77 bits per heavy atom. The highest BCUT2D eigenvalue weighted by Gasteiger charge is 2.17. The molecule has 0 fully saturated rings. The zero-order valence-corrected chi connectivity index (χ0v) is 15.2. The smallest absolute Gasteiger partial charge is 0.272 e. The summed E-state index contributed by atoms with van der Waals surface area (Å²) in [5, 5.41) is 11.7. The van der Waals surface area contributed by atoms with Gasteiger partial charge in [-0.25, -0.2) is 0 Å². The van der Waals surface area contributed by atoms with E-state index in [9.17, 15) is 9.59 Å². The molecule has 3 aromatic rings. The lowest BCUT2D eigenvalue weighted by molar-refractivity contribution is 0.0844. The Balaban J connectivity index is 1.68. The summed E-state index contributed by atoms with van der Waals surface area (Å²) in [6.45, 7) is 3.80. The summed E-state index contributed by atoms with van der Waals surface area (Å²) >= 11 is 5.78. The second-order valence-electron chi connectivity index (χ2n) is 5.75. The normalized spacial score (nSPS) is 10.6. The Kier molecular flexibility index (Phi) is 4.77. The SMILES string of the molecule is Cc1nn(C)c(C)c1-c1cc(C(=O)NNC(=O)c2ccc(Cl)cc2)[nH]n1. The van der Waals surface area contributed by atoms with Crippen LogP contribution in [0.3, 0.4) is 0 Å². The van der Waals surface area contributed by atoms with Crippen LogP contribution in [0.15, 0.2) is 30.3 Å². The number of rotatable bonds is 3. The van der Waals surface area contributed by atoms with E-state index in [1.54, 1.807) is 35.0 Å². The van der Waals surface area contributed by atoms with Crippen molar-refractivity contribution in [3.05, 3.63) is 58.0 Å². The molecule has 1 aromatic carbocycles. The molecule has 0 spiro atoms. The number of aryl methyl sites for hydroxylation is 2. The quantitative estimate of drug-likeness (QED) is 0.612. The second kappa shape index (κ2) is 7.01. The zero-order chi connectivity index (χ0) is 18.8. The number of aromatic nitrogens is 4. The number of nitrogens with one attached hydrogen (secondary N) is 3. The van der Waals surface area contributed by atoms with Crippen molar-refractivity contribution in [3.63, 3.8) is 0 Å². The van der Waals surface area contributed by atoms with Crippen LogP contribution in [0.4, 0.5) is 0 Å². The summed E-state index contributed by atoms with van der Waals surface area (Å²) in [5.74, 6) is -0.959. The van der Waals surface area contributed by atoms with Gasteiger partial charge in [-0.15, -0.1) is 0 Å². The maximum absolute atomic E-state index is 12.2. The van der Waals surface area contributed by atoms with Crippen LogP contribution in [-0.4, -0.2) is 31.8 Å². The van der Waals surface area contributed by atoms with E-state index in [2.05, 4.69) is 26.1 Å². The summed E-state index contributed by atoms with van der Waals surface area (Å²) in [6.07, 6.45) is 0. The topological polar surface area (TPSA) is 105 Å². The minimum absolute atomic E-state index is 0.221. The van der Waals surface area contributed by atoms with Gasteiger partial charge in [0, 0.05) is 28.9 Å². The highest BCUT2D eigenvalue weighted by Crippen LogP contribution is 2.25. The first-order valence-electron chi connectivity index (χ1n) is 7.79. The van der Waals surface area contributed by atoms with Crippen LogP contribution in [0.25, 0.3) is 11.3 Å². The highest BCUT2D eigenvalue weighted by molar-refractivity contribution is 6.30. The molecule has 9 heteroatoms. The Labute approximate surface area is 154 Å². The molecule has 3 rings (SSSR count). The predicted octanol–water partition coefficient (Wildman–Crippen LogP) is 2.16. The Hall–Kier alpha value is -3.13. The fourth-order valence-corrected chi connectivity index (χ4v) is 2.69. The standard InChI is InChI=1S/C17H17ClN6O2/c1-9-15(10(2)24(3)23-9)13-8-14(20-19-13)17(26)22-21-16(25)11-4-6-12(18)7-5-11/h4-8H,1-3H3,(H,19,20)(H,21,25)(H,22,26). The third-order valence-electron chi connectivity index (χ3n) is 3.98. The molecule has 0 radical (unpaired) electrons. The van der Waals surface area contributed by atoms with Crippen molar-refractivity contribution in [2.24, 2.45) is 7.05 Å². The lowest BCUT2D eigenvalue weighted by Crippen LogP contribution is -2.41. The number of aromatic amines is 1. The van der Waals surface area contributed by atoms with Gasteiger partial charge in [-0.3, -0.25) is 30.2 Å². The van der Waals surface area contributed by atoms with Gasteiger partial charge in [0.1, 0.15) is 5.69 Å². The summed E-state index contributed by atoms with van der Waals surface area (Å²) in [6, 6.07) is 7.93. The molecule has 134 valence electrons. The molecule has 8 nitrogen and oxygen atoms in total. The number of halogens is 1. The number of hydrogen-bond donors (Lipinski definition) is 3. The van der Waals surface area contributed by atoms with Gasteiger partial charge in [0.05, 0.1) is 11.4 Å². The number of benzene rings is 1. The number of hydrogen-bond acceptors (Lipinski definition) is 4. The lowest BCUT2D eigenvalue weighted by atomic mass is 10.1. The van der Waals surface area contributed by atoms with E-state index >= 15 is 0 Å². The average Bonchev–Trinajstić information content (AvgIpc) is 3.18. The monoisotopic (exact) mass is 372 g/mol. The molecular weight excluding hydrogens is 356 g/mol. The third-order valence-corrected chi connectivity index (χ3v) is 4.24. The average molecular weight is 373 g/mol. The first-order valence-corrected chi connectivity index (χ1v) is 8.17. The third kappa shape index (κ3) is 3.45. The van der Waals surface area contributed by atoms with Gasteiger partial charge in [0.2, 0.25) is 0 Å². The zero-order valence-electron chi connectivity index (χ0n) is 14.4. The lowest BCUT2D eigenvalue weighted by Gasteiger charge is -2.06. The van der Waals surface area contributed by atoms with Gasteiger partial charge in [-0.1, -0.05) is 11.6 Å². The molecule has 0 saturated heterocycles. The van der Waals surface area contributed by atoms with E-state index in [4.69, 9.17) is 11.6 Å². The minimum Gasteiger partial charge on any atom is -0.272 e. The van der Waals surface area contributed by atoms with E-state index in [0.29, 0.717) is 16.3 Å². The second-order valence-corrected chi connectivity index (χ2v) is 6.19. The van der Waals surface area contributed by atoms with Crippen LogP contribution in [0.1, 0.15) is 32.2 Å². The van der Waals surface area contributed by atoms with Gasteiger partial charge in [-0.2, -0.15) is 10.2 Å². The number of carbonyl (C=O) groups excluding carboxylic acids is 2. The molecule has 2 amide bonds. The molecule has 2 heterocycles. The summed E-state index contributed by atoms with van der Waals surface area (Å²) in [4.78, 5) is 24.2. The summed E-state index contributed by atoms with van der Waals surface area (Å²) in [5.41, 5.74) is 8.53. The van der Waals surface area contributed by atoms with Gasteiger partial charge in [-0.05, 0) is 44.2 Å². The summed E-state index contributed by atoms with van der Waals surface area (Å²) < 4.78 is 1.76. The Morgan fingerprint density at radius 3 is 2.38 bits per heavy atom. The van der Waals surface area contributed by atoms with Crippen LogP contribution in [-0.2, 0) is 7.05 Å². The van der Waals surface area contributed by atoms with E-state index in [0.717, 1.165) is 17.0 Å². The molecule has 0 saturated carbocycles. The van der Waals surface area contributed by atoms with Crippen LogP contribution >= 0.6 is 11.6 Å². The summed E-state index contributed by atoms with van der Waals surface area (Å²) in [7, 11) is 1.85.